The summed E-state index contributed by atoms with van der Waals surface area (Å²) in [5, 5.41) is 11.4. The molecule has 2 atom stereocenters. The van der Waals surface area contributed by atoms with Crippen molar-refractivity contribution in [2.75, 3.05) is 6.54 Å². The van der Waals surface area contributed by atoms with E-state index in [1.807, 2.05) is 0 Å². The molecule has 0 saturated carbocycles. The fourth-order valence-corrected chi connectivity index (χ4v) is 1.73. The molecule has 0 bridgehead atoms. The van der Waals surface area contributed by atoms with Crippen molar-refractivity contribution in [2.45, 2.75) is 26.2 Å². The summed E-state index contributed by atoms with van der Waals surface area (Å²) in [5.41, 5.74) is 0. The van der Waals surface area contributed by atoms with E-state index in [0.717, 1.165) is 12.8 Å². The van der Waals surface area contributed by atoms with Gasteiger partial charge in [-0.25, -0.2) is 0 Å². The zero-order valence-electron chi connectivity index (χ0n) is 7.75. The third-order valence-corrected chi connectivity index (χ3v) is 2.45. The van der Waals surface area contributed by atoms with Gasteiger partial charge in [0.15, 0.2) is 0 Å². The van der Waals surface area contributed by atoms with Crippen LogP contribution in [0.15, 0.2) is 0 Å². The molecule has 1 aliphatic rings. The van der Waals surface area contributed by atoms with E-state index in [1.165, 1.54) is 0 Å². The molecule has 1 rings (SSSR count). The van der Waals surface area contributed by atoms with Crippen molar-refractivity contribution < 1.29 is 14.7 Å². The lowest BCUT2D eigenvalue weighted by Crippen LogP contribution is -2.44. The summed E-state index contributed by atoms with van der Waals surface area (Å²) in [6.07, 6.45) is 2.52. The Morgan fingerprint density at radius 3 is 2.92 bits per heavy atom. The molecule has 0 aromatic rings. The fraction of sp³-hybridized carbons (Fsp3) is 0.778. The van der Waals surface area contributed by atoms with Gasteiger partial charge in [-0.05, 0) is 18.8 Å². The molecule has 0 unspecified atom stereocenters. The van der Waals surface area contributed by atoms with Crippen LogP contribution < -0.4 is 5.32 Å². The third-order valence-electron chi connectivity index (χ3n) is 2.45. The van der Waals surface area contributed by atoms with Crippen molar-refractivity contribution in [3.05, 3.63) is 0 Å². The van der Waals surface area contributed by atoms with Gasteiger partial charge in [-0.2, -0.15) is 0 Å². The first-order valence-corrected chi connectivity index (χ1v) is 4.65. The highest BCUT2D eigenvalue weighted by molar-refractivity contribution is 5.97. The van der Waals surface area contributed by atoms with Crippen molar-refractivity contribution in [1.82, 2.24) is 5.32 Å². The molecule has 4 nitrogen and oxygen atoms in total. The molecule has 2 N–H and O–H groups in total. The summed E-state index contributed by atoms with van der Waals surface area (Å²) in [7, 11) is 0. The maximum atomic E-state index is 11.1. The van der Waals surface area contributed by atoms with Gasteiger partial charge in [0.05, 0.1) is 0 Å². The number of hydrogen-bond acceptors (Lipinski definition) is 2. The Morgan fingerprint density at radius 1 is 1.69 bits per heavy atom. The first-order valence-electron chi connectivity index (χ1n) is 4.65. The second-order valence-electron chi connectivity index (χ2n) is 3.53. The maximum absolute atomic E-state index is 11.1. The molecule has 1 fully saturated rings. The first kappa shape index (κ1) is 10.0. The number of aliphatic carboxylic acids is 1. The number of nitrogens with one attached hydrogen (secondary N) is 1. The molecule has 0 aromatic carbocycles. The quantitative estimate of drug-likeness (QED) is 0.633. The number of carbonyl (C=O) groups excluding carboxylic acids is 1. The molecule has 4 heteroatoms. The van der Waals surface area contributed by atoms with Crippen LogP contribution in [0.3, 0.4) is 0 Å². The minimum Gasteiger partial charge on any atom is -0.481 e. The lowest BCUT2D eigenvalue weighted by Gasteiger charge is -2.26. The van der Waals surface area contributed by atoms with E-state index >= 15 is 0 Å². The van der Waals surface area contributed by atoms with Gasteiger partial charge in [-0.15, -0.1) is 0 Å². The standard InChI is InChI=1S/C9H15NO3/c1-2-3-6-4-7(9(12)13)8(11)10-5-6/h6-7H,2-5H2,1H3,(H,10,11)(H,12,13)/t6-,7-/m0/s1. The molecule has 0 radical (unpaired) electrons. The van der Waals surface area contributed by atoms with Gasteiger partial charge in [0.1, 0.15) is 5.92 Å². The largest absolute Gasteiger partial charge is 0.481 e. The van der Waals surface area contributed by atoms with E-state index in [4.69, 9.17) is 5.11 Å². The van der Waals surface area contributed by atoms with Crippen LogP contribution >= 0.6 is 0 Å². The number of carbonyl (C=O) groups is 2. The SMILES string of the molecule is CCC[C@@H]1CNC(=O)[C@@H](C(=O)O)C1. The smallest absolute Gasteiger partial charge is 0.316 e. The van der Waals surface area contributed by atoms with Gasteiger partial charge >= 0.3 is 5.97 Å². The average Bonchev–Trinajstić information content (AvgIpc) is 2.08. The molecule has 0 spiro atoms. The monoisotopic (exact) mass is 185 g/mol. The number of amides is 1. The Kier molecular flexibility index (Phi) is 3.28. The first-order chi connectivity index (χ1) is 6.15. The maximum Gasteiger partial charge on any atom is 0.316 e. The van der Waals surface area contributed by atoms with Gasteiger partial charge in [0.2, 0.25) is 5.91 Å². The van der Waals surface area contributed by atoms with Crippen LogP contribution in [-0.4, -0.2) is 23.5 Å². The van der Waals surface area contributed by atoms with E-state index in [1.54, 1.807) is 0 Å². The highest BCUT2D eigenvalue weighted by atomic mass is 16.4. The van der Waals surface area contributed by atoms with Crippen LogP contribution in [0.25, 0.3) is 0 Å². The predicted octanol–water partition coefficient (Wildman–Crippen LogP) is 0.623. The van der Waals surface area contributed by atoms with Crippen LogP contribution in [0.4, 0.5) is 0 Å². The van der Waals surface area contributed by atoms with E-state index in [-0.39, 0.29) is 5.91 Å². The summed E-state index contributed by atoms with van der Waals surface area (Å²) in [6.45, 7) is 2.70. The van der Waals surface area contributed by atoms with E-state index in [9.17, 15) is 9.59 Å². The zero-order valence-corrected chi connectivity index (χ0v) is 7.75. The Bertz CT molecular complexity index is 215. The third kappa shape index (κ3) is 2.44. The van der Waals surface area contributed by atoms with Crippen LogP contribution in [0.2, 0.25) is 0 Å². The highest BCUT2D eigenvalue weighted by Crippen LogP contribution is 2.21. The van der Waals surface area contributed by atoms with Gasteiger partial charge in [-0.3, -0.25) is 9.59 Å². The van der Waals surface area contributed by atoms with Crippen LogP contribution in [0.5, 0.6) is 0 Å². The molecule has 1 heterocycles. The van der Waals surface area contributed by atoms with Crippen LogP contribution in [-0.2, 0) is 9.59 Å². The number of piperidine rings is 1. The molecular weight excluding hydrogens is 170 g/mol. The van der Waals surface area contributed by atoms with E-state index < -0.39 is 11.9 Å². The molecular formula is C9H15NO3. The topological polar surface area (TPSA) is 66.4 Å². The van der Waals surface area contributed by atoms with Gasteiger partial charge < -0.3 is 10.4 Å². The minimum atomic E-state index is -1.00. The van der Waals surface area contributed by atoms with Crippen molar-refractivity contribution in [1.29, 1.82) is 0 Å². The number of hydrogen-bond donors (Lipinski definition) is 2. The van der Waals surface area contributed by atoms with Gasteiger partial charge in [0.25, 0.3) is 0 Å². The van der Waals surface area contributed by atoms with Gasteiger partial charge in [-0.1, -0.05) is 13.3 Å². The van der Waals surface area contributed by atoms with Crippen molar-refractivity contribution in [3.8, 4) is 0 Å². The lowest BCUT2D eigenvalue weighted by atomic mass is 9.87. The Balaban J connectivity index is 2.52. The average molecular weight is 185 g/mol. The molecule has 1 amide bonds. The predicted molar refractivity (Wildman–Crippen MR) is 47.2 cm³/mol. The number of carboxylic acids is 1. The zero-order chi connectivity index (χ0) is 9.84. The Morgan fingerprint density at radius 2 is 2.38 bits per heavy atom. The summed E-state index contributed by atoms with van der Waals surface area (Å²) < 4.78 is 0. The van der Waals surface area contributed by atoms with Crippen LogP contribution in [0, 0.1) is 11.8 Å². The van der Waals surface area contributed by atoms with E-state index in [0.29, 0.717) is 18.9 Å². The normalized spacial score (nSPS) is 28.2. The second-order valence-corrected chi connectivity index (χ2v) is 3.53. The second kappa shape index (κ2) is 4.25. The minimum absolute atomic E-state index is 0.333. The summed E-state index contributed by atoms with van der Waals surface area (Å²) in [5.74, 6) is -1.83. The fourth-order valence-electron chi connectivity index (χ4n) is 1.73. The summed E-state index contributed by atoms with van der Waals surface area (Å²) in [6, 6.07) is 0. The summed E-state index contributed by atoms with van der Waals surface area (Å²) in [4.78, 5) is 21.7. The van der Waals surface area contributed by atoms with E-state index in [2.05, 4.69) is 12.2 Å². The Labute approximate surface area is 77.3 Å². The molecule has 1 aliphatic heterocycles. The van der Waals surface area contributed by atoms with Gasteiger partial charge in [0, 0.05) is 6.54 Å². The molecule has 0 aliphatic carbocycles. The van der Waals surface area contributed by atoms with Crippen molar-refractivity contribution >= 4 is 11.9 Å². The van der Waals surface area contributed by atoms with Crippen molar-refractivity contribution in [3.63, 3.8) is 0 Å². The van der Waals surface area contributed by atoms with Crippen molar-refractivity contribution in [2.24, 2.45) is 11.8 Å². The summed E-state index contributed by atoms with van der Waals surface area (Å²) >= 11 is 0. The number of rotatable bonds is 3. The number of carboxylic acid groups (broad SMARTS) is 1. The molecule has 0 aromatic heterocycles. The Hall–Kier alpha value is -1.06. The highest BCUT2D eigenvalue weighted by Gasteiger charge is 2.33. The lowest BCUT2D eigenvalue weighted by molar-refractivity contribution is -0.149. The molecule has 1 saturated heterocycles. The molecule has 13 heavy (non-hydrogen) atoms. The molecule has 74 valence electrons. The van der Waals surface area contributed by atoms with Crippen LogP contribution in [0.1, 0.15) is 26.2 Å².